The third kappa shape index (κ3) is 4.57. The molecular formula is C24H26N6O3. The number of hydrogen-bond acceptors (Lipinski definition) is 6. The molecule has 0 aliphatic carbocycles. The van der Waals surface area contributed by atoms with Gasteiger partial charge in [0.15, 0.2) is 11.2 Å². The molecule has 0 spiro atoms. The second-order valence-electron chi connectivity index (χ2n) is 7.81. The molecule has 9 nitrogen and oxygen atoms in total. The molecule has 0 amide bonds. The van der Waals surface area contributed by atoms with E-state index in [1.807, 2.05) is 57.2 Å². The van der Waals surface area contributed by atoms with Gasteiger partial charge in [-0.2, -0.15) is 10.1 Å². The Bertz CT molecular complexity index is 1440. The van der Waals surface area contributed by atoms with Gasteiger partial charge >= 0.3 is 5.69 Å². The summed E-state index contributed by atoms with van der Waals surface area (Å²) in [5.74, 6) is 1.15. The maximum atomic E-state index is 12.7. The number of aromatic amines is 1. The summed E-state index contributed by atoms with van der Waals surface area (Å²) in [6.45, 7) is 6.97. The highest BCUT2D eigenvalue weighted by Crippen LogP contribution is 2.20. The van der Waals surface area contributed by atoms with Gasteiger partial charge in [0.05, 0.1) is 19.4 Å². The molecule has 2 aromatic heterocycles. The first-order valence-electron chi connectivity index (χ1n) is 10.6. The van der Waals surface area contributed by atoms with Crippen molar-refractivity contribution in [3.63, 3.8) is 0 Å². The quantitative estimate of drug-likeness (QED) is 0.335. The number of ether oxygens (including phenoxy) is 1. The van der Waals surface area contributed by atoms with E-state index in [0.717, 1.165) is 28.0 Å². The summed E-state index contributed by atoms with van der Waals surface area (Å²) in [4.78, 5) is 31.7. The van der Waals surface area contributed by atoms with Crippen molar-refractivity contribution >= 4 is 23.3 Å². The van der Waals surface area contributed by atoms with Crippen molar-refractivity contribution < 1.29 is 4.74 Å². The number of rotatable bonds is 7. The van der Waals surface area contributed by atoms with Crippen LogP contribution in [-0.4, -0.2) is 31.9 Å². The lowest BCUT2D eigenvalue weighted by Crippen LogP contribution is -2.29. The fraction of sp³-hybridized carbons (Fsp3) is 0.250. The smallest absolute Gasteiger partial charge is 0.329 e. The number of aromatic nitrogens is 4. The molecule has 2 aromatic carbocycles. The van der Waals surface area contributed by atoms with Crippen molar-refractivity contribution in [2.75, 3.05) is 12.0 Å². The first-order chi connectivity index (χ1) is 15.9. The molecule has 0 saturated heterocycles. The van der Waals surface area contributed by atoms with E-state index in [-0.39, 0.29) is 5.65 Å². The van der Waals surface area contributed by atoms with E-state index in [9.17, 15) is 9.59 Å². The molecule has 0 atom stereocenters. The zero-order valence-electron chi connectivity index (χ0n) is 19.0. The Labute approximate surface area is 190 Å². The zero-order valence-corrected chi connectivity index (χ0v) is 19.0. The van der Waals surface area contributed by atoms with Crippen LogP contribution in [0.1, 0.15) is 29.2 Å². The normalized spacial score (nSPS) is 11.4. The molecule has 0 unspecified atom stereocenters. The van der Waals surface area contributed by atoms with E-state index >= 15 is 0 Å². The largest absolute Gasteiger partial charge is 0.494 e. The lowest BCUT2D eigenvalue weighted by Gasteiger charge is -2.11. The van der Waals surface area contributed by atoms with E-state index in [4.69, 9.17) is 4.74 Å². The average molecular weight is 447 g/mol. The van der Waals surface area contributed by atoms with Gasteiger partial charge in [0.1, 0.15) is 5.75 Å². The molecular weight excluding hydrogens is 420 g/mol. The summed E-state index contributed by atoms with van der Waals surface area (Å²) in [5.41, 5.74) is 6.63. The first kappa shape index (κ1) is 22.1. The minimum atomic E-state index is -0.520. The Morgan fingerprint density at radius 2 is 1.91 bits per heavy atom. The van der Waals surface area contributed by atoms with Gasteiger partial charge in [0.25, 0.3) is 5.56 Å². The standard InChI is InChI=1S/C24H26N6O3/c1-5-33-19-10-8-17(9-11-19)13-25-28-23-26-21-20(22(31)27-24(32)29(21)4)30(23)14-18-12-15(2)6-7-16(18)3/h6-13H,5,14H2,1-4H3,(H,26,28)(H,27,31,32). The molecule has 33 heavy (non-hydrogen) atoms. The first-order valence-corrected chi connectivity index (χ1v) is 10.6. The van der Waals surface area contributed by atoms with Gasteiger partial charge in [-0.3, -0.25) is 18.9 Å². The molecule has 0 saturated carbocycles. The molecule has 4 aromatic rings. The number of fused-ring (bicyclic) bond motifs is 1. The average Bonchev–Trinajstić information content (AvgIpc) is 3.15. The summed E-state index contributed by atoms with van der Waals surface area (Å²) >= 11 is 0. The van der Waals surface area contributed by atoms with Crippen molar-refractivity contribution in [3.8, 4) is 5.75 Å². The van der Waals surface area contributed by atoms with Crippen LogP contribution in [-0.2, 0) is 13.6 Å². The number of anilines is 1. The van der Waals surface area contributed by atoms with Crippen LogP contribution >= 0.6 is 0 Å². The van der Waals surface area contributed by atoms with Crippen LogP contribution in [0.15, 0.2) is 57.2 Å². The molecule has 0 radical (unpaired) electrons. The summed E-state index contributed by atoms with van der Waals surface area (Å²) in [5, 5.41) is 4.31. The number of imidazole rings is 1. The Hall–Kier alpha value is -4.14. The van der Waals surface area contributed by atoms with Crippen LogP contribution in [0.25, 0.3) is 11.2 Å². The highest BCUT2D eigenvalue weighted by atomic mass is 16.5. The predicted molar refractivity (Wildman–Crippen MR) is 129 cm³/mol. The predicted octanol–water partition coefficient (Wildman–Crippen LogP) is 2.93. The molecule has 2 N–H and O–H groups in total. The maximum Gasteiger partial charge on any atom is 0.329 e. The van der Waals surface area contributed by atoms with E-state index in [2.05, 4.69) is 26.6 Å². The summed E-state index contributed by atoms with van der Waals surface area (Å²) < 4.78 is 8.51. The number of benzene rings is 2. The van der Waals surface area contributed by atoms with Crippen LogP contribution in [0.5, 0.6) is 5.75 Å². The van der Waals surface area contributed by atoms with Crippen molar-refractivity contribution in [2.24, 2.45) is 12.1 Å². The second-order valence-corrected chi connectivity index (χ2v) is 7.81. The SMILES string of the molecule is CCOc1ccc(C=NNc2nc3c(c(=O)[nH]c(=O)n3C)n2Cc2cc(C)ccc2C)cc1. The lowest BCUT2D eigenvalue weighted by molar-refractivity contribution is 0.340. The molecule has 170 valence electrons. The summed E-state index contributed by atoms with van der Waals surface area (Å²) in [7, 11) is 1.57. The van der Waals surface area contributed by atoms with E-state index in [1.165, 1.54) is 4.57 Å². The van der Waals surface area contributed by atoms with Gasteiger partial charge < -0.3 is 4.74 Å². The molecule has 9 heteroatoms. The molecule has 0 aliphatic heterocycles. The second kappa shape index (κ2) is 9.15. The summed E-state index contributed by atoms with van der Waals surface area (Å²) in [6, 6.07) is 13.7. The van der Waals surface area contributed by atoms with E-state index in [0.29, 0.717) is 24.6 Å². The number of hydrogen-bond donors (Lipinski definition) is 2. The number of H-pyrrole nitrogens is 1. The minimum Gasteiger partial charge on any atom is -0.494 e. The monoisotopic (exact) mass is 446 g/mol. The Morgan fingerprint density at radius 1 is 1.15 bits per heavy atom. The number of nitrogens with one attached hydrogen (secondary N) is 2. The molecule has 4 rings (SSSR count). The van der Waals surface area contributed by atoms with Crippen molar-refractivity contribution in [2.45, 2.75) is 27.3 Å². The third-order valence-electron chi connectivity index (χ3n) is 5.41. The highest BCUT2D eigenvalue weighted by molar-refractivity contribution is 5.80. The maximum absolute atomic E-state index is 12.7. The van der Waals surface area contributed by atoms with Crippen molar-refractivity contribution in [1.82, 2.24) is 19.1 Å². The van der Waals surface area contributed by atoms with Gasteiger partial charge in [-0.25, -0.2) is 10.2 Å². The molecule has 0 aliphatic rings. The number of nitrogens with zero attached hydrogens (tertiary/aromatic N) is 4. The van der Waals surface area contributed by atoms with Gasteiger partial charge in [0.2, 0.25) is 5.95 Å². The van der Waals surface area contributed by atoms with Crippen LogP contribution in [0.2, 0.25) is 0 Å². The van der Waals surface area contributed by atoms with Crippen LogP contribution < -0.4 is 21.4 Å². The third-order valence-corrected chi connectivity index (χ3v) is 5.41. The fourth-order valence-corrected chi connectivity index (χ4v) is 3.60. The van der Waals surface area contributed by atoms with Crippen molar-refractivity contribution in [1.29, 1.82) is 0 Å². The zero-order chi connectivity index (χ0) is 23.5. The van der Waals surface area contributed by atoms with Crippen LogP contribution in [0.4, 0.5) is 5.95 Å². The van der Waals surface area contributed by atoms with E-state index in [1.54, 1.807) is 17.8 Å². The number of hydrazone groups is 1. The molecule has 0 fully saturated rings. The highest BCUT2D eigenvalue weighted by Gasteiger charge is 2.18. The Morgan fingerprint density at radius 3 is 2.64 bits per heavy atom. The van der Waals surface area contributed by atoms with Gasteiger partial charge in [-0.1, -0.05) is 23.8 Å². The molecule has 0 bridgehead atoms. The fourth-order valence-electron chi connectivity index (χ4n) is 3.60. The lowest BCUT2D eigenvalue weighted by atomic mass is 10.1. The topological polar surface area (TPSA) is 106 Å². The van der Waals surface area contributed by atoms with Gasteiger partial charge in [-0.15, -0.1) is 0 Å². The summed E-state index contributed by atoms with van der Waals surface area (Å²) in [6.07, 6.45) is 1.65. The van der Waals surface area contributed by atoms with Crippen molar-refractivity contribution in [3.05, 3.63) is 85.6 Å². The van der Waals surface area contributed by atoms with Gasteiger partial charge in [0, 0.05) is 7.05 Å². The number of aryl methyl sites for hydroxylation is 3. The van der Waals surface area contributed by atoms with Crippen LogP contribution in [0.3, 0.4) is 0 Å². The van der Waals surface area contributed by atoms with Gasteiger partial charge in [-0.05, 0) is 61.7 Å². The van der Waals surface area contributed by atoms with Crippen LogP contribution in [0, 0.1) is 13.8 Å². The minimum absolute atomic E-state index is 0.285. The molecule has 2 heterocycles. The van der Waals surface area contributed by atoms with E-state index < -0.39 is 11.2 Å². The Balaban J connectivity index is 1.73. The Kier molecular flexibility index (Phi) is 6.12.